The van der Waals surface area contributed by atoms with E-state index < -0.39 is 17.8 Å². The van der Waals surface area contributed by atoms with E-state index in [9.17, 15) is 14.4 Å². The number of fused-ring (bicyclic) bond motifs is 1. The van der Waals surface area contributed by atoms with Crippen molar-refractivity contribution in [3.63, 3.8) is 0 Å². The molecule has 0 spiro atoms. The van der Waals surface area contributed by atoms with Gasteiger partial charge >= 0.3 is 5.97 Å². The number of hydrogen-bond donors (Lipinski definition) is 2. The quantitative estimate of drug-likeness (QED) is 0.654. The Morgan fingerprint density at radius 3 is 2.81 bits per heavy atom. The molecule has 26 heavy (non-hydrogen) atoms. The largest absolute Gasteiger partial charge is 0.462 e. The smallest absolute Gasteiger partial charge is 0.341 e. The Morgan fingerprint density at radius 1 is 1.38 bits per heavy atom. The van der Waals surface area contributed by atoms with Crippen molar-refractivity contribution < 1.29 is 19.1 Å². The first kappa shape index (κ1) is 17.5. The van der Waals surface area contributed by atoms with Crippen molar-refractivity contribution >= 4 is 39.8 Å². The summed E-state index contributed by atoms with van der Waals surface area (Å²) < 4.78 is 6.47. The second kappa shape index (κ2) is 6.92. The van der Waals surface area contributed by atoms with Crippen LogP contribution in [0, 0.1) is 6.92 Å². The summed E-state index contributed by atoms with van der Waals surface area (Å²) >= 11 is 0.921. The molecule has 0 unspecified atom stereocenters. The molecule has 0 aliphatic rings. The van der Waals surface area contributed by atoms with E-state index in [2.05, 4.69) is 15.4 Å². The molecule has 0 saturated heterocycles. The number of thiophene rings is 1. The van der Waals surface area contributed by atoms with Crippen molar-refractivity contribution in [2.75, 3.05) is 11.9 Å². The number of hydrogen-bond acceptors (Lipinski definition) is 7. The van der Waals surface area contributed by atoms with Crippen LogP contribution in [0.5, 0.6) is 0 Å². The van der Waals surface area contributed by atoms with Gasteiger partial charge in [-0.05, 0) is 25.5 Å². The van der Waals surface area contributed by atoms with Crippen LogP contribution in [-0.2, 0) is 4.74 Å². The summed E-state index contributed by atoms with van der Waals surface area (Å²) in [6.45, 7) is 3.40. The summed E-state index contributed by atoms with van der Waals surface area (Å²) in [6, 6.07) is 3.19. The van der Waals surface area contributed by atoms with Gasteiger partial charge in [0.2, 0.25) is 0 Å². The van der Waals surface area contributed by atoms with Gasteiger partial charge in [0.25, 0.3) is 11.8 Å². The third kappa shape index (κ3) is 3.14. The summed E-state index contributed by atoms with van der Waals surface area (Å²) in [5.41, 5.74) is 6.45. The van der Waals surface area contributed by atoms with Crippen LogP contribution in [0.15, 0.2) is 24.5 Å². The zero-order valence-corrected chi connectivity index (χ0v) is 14.8. The van der Waals surface area contributed by atoms with Crippen molar-refractivity contribution in [2.45, 2.75) is 13.8 Å². The molecular formula is C16H15N5O4S. The first-order chi connectivity index (χ1) is 12.4. The number of nitrogens with one attached hydrogen (secondary N) is 1. The lowest BCUT2D eigenvalue weighted by Gasteiger charge is -2.05. The van der Waals surface area contributed by atoms with Crippen molar-refractivity contribution in [1.82, 2.24) is 14.6 Å². The fraction of sp³-hybridized carbons (Fsp3) is 0.188. The molecule has 3 aromatic heterocycles. The molecule has 0 atom stereocenters. The van der Waals surface area contributed by atoms with E-state index in [1.54, 1.807) is 32.3 Å². The van der Waals surface area contributed by atoms with Gasteiger partial charge in [-0.25, -0.2) is 14.3 Å². The number of amides is 2. The topological polar surface area (TPSA) is 129 Å². The predicted molar refractivity (Wildman–Crippen MR) is 94.5 cm³/mol. The molecule has 0 aliphatic carbocycles. The molecule has 134 valence electrons. The summed E-state index contributed by atoms with van der Waals surface area (Å²) in [6.07, 6.45) is 3.24. The molecule has 0 radical (unpaired) electrons. The second-order valence-electron chi connectivity index (χ2n) is 5.25. The number of rotatable bonds is 5. The Kier molecular flexibility index (Phi) is 4.67. The SMILES string of the molecule is CCOC(=O)c1c(NC(=O)c2cc3ncccn3n2)sc(C(N)=O)c1C. The highest BCUT2D eigenvalue weighted by atomic mass is 32.1. The molecule has 0 aliphatic heterocycles. The van der Waals surface area contributed by atoms with Gasteiger partial charge in [-0.1, -0.05) is 0 Å². The molecule has 0 fully saturated rings. The molecule has 3 aromatic rings. The maximum atomic E-state index is 12.5. The van der Waals surface area contributed by atoms with Crippen LogP contribution in [0.4, 0.5) is 5.00 Å². The fourth-order valence-electron chi connectivity index (χ4n) is 2.39. The Labute approximate surface area is 151 Å². The molecule has 3 N–H and O–H groups in total. The summed E-state index contributed by atoms with van der Waals surface area (Å²) in [5, 5.41) is 6.92. The van der Waals surface area contributed by atoms with Crippen molar-refractivity contribution in [1.29, 1.82) is 0 Å². The first-order valence-electron chi connectivity index (χ1n) is 7.64. The third-order valence-corrected chi connectivity index (χ3v) is 4.77. The molecular weight excluding hydrogens is 358 g/mol. The van der Waals surface area contributed by atoms with Crippen molar-refractivity contribution in [2.24, 2.45) is 5.73 Å². The van der Waals surface area contributed by atoms with Crippen LogP contribution in [0.3, 0.4) is 0 Å². The Hall–Kier alpha value is -3.27. The number of primary amides is 1. The highest BCUT2D eigenvalue weighted by Gasteiger charge is 2.26. The Bertz CT molecular complexity index is 990. The number of carbonyl (C=O) groups is 3. The lowest BCUT2D eigenvalue weighted by Crippen LogP contribution is -2.15. The maximum Gasteiger partial charge on any atom is 0.341 e. The minimum absolute atomic E-state index is 0.112. The van der Waals surface area contributed by atoms with Crippen LogP contribution in [0.2, 0.25) is 0 Å². The van der Waals surface area contributed by atoms with Gasteiger partial charge in [0, 0.05) is 18.5 Å². The van der Waals surface area contributed by atoms with Gasteiger partial charge in [0.1, 0.15) is 5.00 Å². The molecule has 2 amide bonds. The van der Waals surface area contributed by atoms with Crippen molar-refractivity contribution in [3.8, 4) is 0 Å². The second-order valence-corrected chi connectivity index (χ2v) is 6.27. The van der Waals surface area contributed by atoms with E-state index >= 15 is 0 Å². The Morgan fingerprint density at radius 2 is 2.15 bits per heavy atom. The van der Waals surface area contributed by atoms with Crippen LogP contribution in [0.25, 0.3) is 5.65 Å². The van der Waals surface area contributed by atoms with Crippen molar-refractivity contribution in [3.05, 3.63) is 46.2 Å². The molecule has 0 bridgehead atoms. The number of esters is 1. The number of aromatic nitrogens is 3. The van der Waals surface area contributed by atoms with E-state index in [0.29, 0.717) is 11.2 Å². The number of nitrogens with zero attached hydrogens (tertiary/aromatic N) is 3. The lowest BCUT2D eigenvalue weighted by molar-refractivity contribution is 0.0527. The average molecular weight is 373 g/mol. The highest BCUT2D eigenvalue weighted by molar-refractivity contribution is 7.18. The number of ether oxygens (including phenoxy) is 1. The average Bonchev–Trinajstić information content (AvgIpc) is 3.16. The van der Waals surface area contributed by atoms with E-state index in [1.807, 2.05) is 0 Å². The summed E-state index contributed by atoms with van der Waals surface area (Å²) in [4.78, 5) is 40.6. The molecule has 10 heteroatoms. The number of carbonyl (C=O) groups excluding carboxylic acids is 3. The van der Waals surface area contributed by atoms with E-state index in [4.69, 9.17) is 10.5 Å². The van der Waals surface area contributed by atoms with E-state index in [-0.39, 0.29) is 27.7 Å². The van der Waals surface area contributed by atoms with E-state index in [1.165, 1.54) is 10.6 Å². The monoisotopic (exact) mass is 373 g/mol. The first-order valence-corrected chi connectivity index (χ1v) is 8.46. The van der Waals surface area contributed by atoms with Gasteiger partial charge in [-0.3, -0.25) is 9.59 Å². The van der Waals surface area contributed by atoms with Crippen LogP contribution >= 0.6 is 11.3 Å². The fourth-order valence-corrected chi connectivity index (χ4v) is 3.44. The number of anilines is 1. The minimum Gasteiger partial charge on any atom is -0.462 e. The third-order valence-electron chi connectivity index (χ3n) is 3.55. The standard InChI is InChI=1S/C16H15N5O4S/c1-3-25-16(24)11-8(2)12(13(17)22)26-15(11)19-14(23)9-7-10-18-5-4-6-21(10)20-9/h4-7H,3H2,1-2H3,(H2,17,22)(H,19,23). The van der Waals surface area contributed by atoms with Crippen LogP contribution in [0.1, 0.15) is 43.0 Å². The maximum absolute atomic E-state index is 12.5. The molecule has 3 heterocycles. The van der Waals surface area contributed by atoms with E-state index in [0.717, 1.165) is 11.3 Å². The van der Waals surface area contributed by atoms with Gasteiger partial charge < -0.3 is 15.8 Å². The zero-order valence-electron chi connectivity index (χ0n) is 14.0. The van der Waals surface area contributed by atoms with Gasteiger partial charge in [-0.15, -0.1) is 11.3 Å². The summed E-state index contributed by atoms with van der Waals surface area (Å²) in [5.74, 6) is -1.87. The van der Waals surface area contributed by atoms with Crippen LogP contribution in [-0.4, -0.2) is 39.0 Å². The molecule has 9 nitrogen and oxygen atoms in total. The minimum atomic E-state index is -0.685. The molecule has 0 aromatic carbocycles. The summed E-state index contributed by atoms with van der Waals surface area (Å²) in [7, 11) is 0. The molecule has 0 saturated carbocycles. The molecule has 3 rings (SSSR count). The number of nitrogens with two attached hydrogens (primary N) is 1. The Balaban J connectivity index is 1.97. The predicted octanol–water partition coefficient (Wildman–Crippen LogP) is 1.63. The normalized spacial score (nSPS) is 10.7. The lowest BCUT2D eigenvalue weighted by atomic mass is 10.1. The van der Waals surface area contributed by atoms with Gasteiger partial charge in [0.05, 0.1) is 17.0 Å². The van der Waals surface area contributed by atoms with Gasteiger partial charge in [0.15, 0.2) is 11.3 Å². The zero-order chi connectivity index (χ0) is 18.8. The van der Waals surface area contributed by atoms with Crippen LogP contribution < -0.4 is 11.1 Å². The highest BCUT2D eigenvalue weighted by Crippen LogP contribution is 2.33. The van der Waals surface area contributed by atoms with Gasteiger partial charge in [-0.2, -0.15) is 5.10 Å².